The fraction of sp³-hybridized carbons (Fsp3) is 0.222. The minimum atomic E-state index is 0.407. The fourth-order valence-corrected chi connectivity index (χ4v) is 1.18. The van der Waals surface area contributed by atoms with Crippen molar-refractivity contribution in [2.75, 3.05) is 0 Å². The number of hydrogen-bond acceptors (Lipinski definition) is 4. The third-order valence-corrected chi connectivity index (χ3v) is 1.96. The van der Waals surface area contributed by atoms with Crippen LogP contribution in [0.1, 0.15) is 12.7 Å². The summed E-state index contributed by atoms with van der Waals surface area (Å²) >= 11 is 5.81. The Bertz CT molecular complexity index is 441. The maximum atomic E-state index is 5.81. The average Bonchev–Trinajstić information content (AvgIpc) is 2.66. The summed E-state index contributed by atoms with van der Waals surface area (Å²) in [7, 11) is 0. The van der Waals surface area contributed by atoms with Crippen LogP contribution in [-0.2, 0) is 6.42 Å². The summed E-state index contributed by atoms with van der Waals surface area (Å²) in [6, 6.07) is 3.39. The largest absolute Gasteiger partial charge is 0.332 e. The zero-order chi connectivity index (χ0) is 9.97. The third-order valence-electron chi connectivity index (χ3n) is 1.73. The molecule has 0 radical (unpaired) electrons. The molecular formula is C9H8ClN3O. The van der Waals surface area contributed by atoms with Gasteiger partial charge in [-0.3, -0.25) is 4.98 Å². The van der Waals surface area contributed by atoms with Crippen LogP contribution in [0, 0.1) is 0 Å². The molecule has 0 amide bonds. The van der Waals surface area contributed by atoms with Gasteiger partial charge in [0.1, 0.15) is 5.69 Å². The maximum absolute atomic E-state index is 5.81. The lowest BCUT2D eigenvalue weighted by molar-refractivity contribution is 0.422. The smallest absolute Gasteiger partial charge is 0.276 e. The van der Waals surface area contributed by atoms with Crippen LogP contribution in [-0.4, -0.2) is 15.1 Å². The maximum Gasteiger partial charge on any atom is 0.276 e. The van der Waals surface area contributed by atoms with Crippen molar-refractivity contribution in [2.45, 2.75) is 13.3 Å². The van der Waals surface area contributed by atoms with Crippen molar-refractivity contribution >= 4 is 11.6 Å². The van der Waals surface area contributed by atoms with Gasteiger partial charge in [0, 0.05) is 17.6 Å². The molecular weight excluding hydrogens is 202 g/mol. The highest BCUT2D eigenvalue weighted by Gasteiger charge is 2.08. The first-order valence-corrected chi connectivity index (χ1v) is 4.62. The van der Waals surface area contributed by atoms with Gasteiger partial charge in [-0.05, 0) is 12.1 Å². The van der Waals surface area contributed by atoms with Crippen molar-refractivity contribution < 1.29 is 4.52 Å². The lowest BCUT2D eigenvalue weighted by Crippen LogP contribution is -1.84. The molecule has 2 aromatic rings. The first-order valence-electron chi connectivity index (χ1n) is 4.24. The Labute approximate surface area is 85.9 Å². The van der Waals surface area contributed by atoms with Crippen LogP contribution in [0.4, 0.5) is 0 Å². The number of nitrogens with zero attached hydrogens (tertiary/aromatic N) is 3. The summed E-state index contributed by atoms with van der Waals surface area (Å²) < 4.78 is 5.01. The van der Waals surface area contributed by atoms with Crippen molar-refractivity contribution in [3.8, 4) is 11.6 Å². The number of pyridine rings is 1. The molecule has 0 unspecified atom stereocenters. The standard InChI is InChI=1S/C9H8ClN3O/c1-2-8-12-9(14-13-8)7-5-6(10)3-4-11-7/h3-5H,2H2,1H3. The van der Waals surface area contributed by atoms with E-state index in [-0.39, 0.29) is 0 Å². The molecule has 0 aromatic carbocycles. The lowest BCUT2D eigenvalue weighted by atomic mass is 10.3. The van der Waals surface area contributed by atoms with Crippen LogP contribution in [0.15, 0.2) is 22.9 Å². The van der Waals surface area contributed by atoms with Gasteiger partial charge in [0.05, 0.1) is 0 Å². The number of hydrogen-bond donors (Lipinski definition) is 0. The Balaban J connectivity index is 2.39. The fourth-order valence-electron chi connectivity index (χ4n) is 1.02. The van der Waals surface area contributed by atoms with Gasteiger partial charge >= 0.3 is 0 Å². The van der Waals surface area contributed by atoms with Crippen molar-refractivity contribution in [1.82, 2.24) is 15.1 Å². The van der Waals surface area contributed by atoms with Crippen LogP contribution in [0.2, 0.25) is 5.02 Å². The summed E-state index contributed by atoms with van der Waals surface area (Å²) in [6.07, 6.45) is 2.34. The van der Waals surface area contributed by atoms with Gasteiger partial charge in [-0.15, -0.1) is 0 Å². The first kappa shape index (κ1) is 9.15. The van der Waals surface area contributed by atoms with Gasteiger partial charge in [0.2, 0.25) is 0 Å². The van der Waals surface area contributed by atoms with Gasteiger partial charge in [0.25, 0.3) is 5.89 Å². The molecule has 0 atom stereocenters. The number of halogens is 1. The first-order chi connectivity index (χ1) is 6.79. The molecule has 4 nitrogen and oxygen atoms in total. The third kappa shape index (κ3) is 1.75. The topological polar surface area (TPSA) is 51.8 Å². The van der Waals surface area contributed by atoms with E-state index < -0.39 is 0 Å². The van der Waals surface area contributed by atoms with Crippen molar-refractivity contribution in [1.29, 1.82) is 0 Å². The second-order valence-electron chi connectivity index (χ2n) is 2.73. The molecule has 14 heavy (non-hydrogen) atoms. The van der Waals surface area contributed by atoms with Gasteiger partial charge in [-0.1, -0.05) is 23.7 Å². The second-order valence-corrected chi connectivity index (χ2v) is 3.17. The normalized spacial score (nSPS) is 10.4. The molecule has 0 bridgehead atoms. The highest BCUT2D eigenvalue weighted by Crippen LogP contribution is 2.18. The second kappa shape index (κ2) is 3.75. The number of aromatic nitrogens is 3. The van der Waals surface area contributed by atoms with E-state index in [1.54, 1.807) is 18.3 Å². The van der Waals surface area contributed by atoms with Gasteiger partial charge in [-0.25, -0.2) is 0 Å². The van der Waals surface area contributed by atoms with E-state index in [0.717, 1.165) is 6.42 Å². The van der Waals surface area contributed by atoms with E-state index in [4.69, 9.17) is 16.1 Å². The Morgan fingerprint density at radius 3 is 3.00 bits per heavy atom. The molecule has 2 heterocycles. The Morgan fingerprint density at radius 1 is 1.50 bits per heavy atom. The van der Waals surface area contributed by atoms with E-state index in [9.17, 15) is 0 Å². The quantitative estimate of drug-likeness (QED) is 0.762. The molecule has 0 fully saturated rings. The Kier molecular flexibility index (Phi) is 2.45. The minimum absolute atomic E-state index is 0.407. The molecule has 0 aliphatic rings. The summed E-state index contributed by atoms with van der Waals surface area (Å²) in [5.41, 5.74) is 0.602. The van der Waals surface area contributed by atoms with Gasteiger partial charge in [-0.2, -0.15) is 4.98 Å². The van der Waals surface area contributed by atoms with Crippen molar-refractivity contribution in [2.24, 2.45) is 0 Å². The highest BCUT2D eigenvalue weighted by atomic mass is 35.5. The van der Waals surface area contributed by atoms with Crippen molar-refractivity contribution in [3.63, 3.8) is 0 Å². The van der Waals surface area contributed by atoms with Crippen LogP contribution in [0.25, 0.3) is 11.6 Å². The SMILES string of the molecule is CCc1noc(-c2cc(Cl)ccn2)n1. The molecule has 5 heteroatoms. The molecule has 2 aromatic heterocycles. The molecule has 72 valence electrons. The molecule has 0 saturated heterocycles. The van der Waals surface area contributed by atoms with E-state index in [1.165, 1.54) is 0 Å². The zero-order valence-corrected chi connectivity index (χ0v) is 8.32. The molecule has 2 rings (SSSR count). The molecule has 0 aliphatic heterocycles. The Morgan fingerprint density at radius 2 is 2.36 bits per heavy atom. The predicted octanol–water partition coefficient (Wildman–Crippen LogP) is 2.35. The zero-order valence-electron chi connectivity index (χ0n) is 7.57. The summed E-state index contributed by atoms with van der Waals surface area (Å²) in [6.45, 7) is 1.96. The highest BCUT2D eigenvalue weighted by molar-refractivity contribution is 6.30. The van der Waals surface area contributed by atoms with E-state index in [1.807, 2.05) is 6.92 Å². The van der Waals surface area contributed by atoms with Crippen molar-refractivity contribution in [3.05, 3.63) is 29.2 Å². The number of rotatable bonds is 2. The predicted molar refractivity (Wildman–Crippen MR) is 51.9 cm³/mol. The van der Waals surface area contributed by atoms with Crippen LogP contribution >= 0.6 is 11.6 Å². The summed E-state index contributed by atoms with van der Waals surface area (Å²) in [5.74, 6) is 1.08. The summed E-state index contributed by atoms with van der Waals surface area (Å²) in [4.78, 5) is 8.22. The van der Waals surface area contributed by atoms with E-state index >= 15 is 0 Å². The van der Waals surface area contributed by atoms with Crippen LogP contribution in [0.3, 0.4) is 0 Å². The molecule has 0 N–H and O–H groups in total. The minimum Gasteiger partial charge on any atom is -0.332 e. The van der Waals surface area contributed by atoms with Crippen LogP contribution < -0.4 is 0 Å². The monoisotopic (exact) mass is 209 g/mol. The Hall–Kier alpha value is -1.42. The lowest BCUT2D eigenvalue weighted by Gasteiger charge is -1.92. The van der Waals surface area contributed by atoms with Gasteiger partial charge < -0.3 is 4.52 Å². The molecule has 0 saturated carbocycles. The van der Waals surface area contributed by atoms with Crippen LogP contribution in [0.5, 0.6) is 0 Å². The van der Waals surface area contributed by atoms with E-state index in [0.29, 0.717) is 22.4 Å². The van der Waals surface area contributed by atoms with Gasteiger partial charge in [0.15, 0.2) is 5.82 Å². The molecule has 0 aliphatic carbocycles. The number of aryl methyl sites for hydroxylation is 1. The summed E-state index contributed by atoms with van der Waals surface area (Å²) in [5, 5.41) is 4.37. The molecule has 0 spiro atoms. The van der Waals surface area contributed by atoms with E-state index in [2.05, 4.69) is 15.1 Å². The average molecular weight is 210 g/mol.